The Morgan fingerprint density at radius 2 is 2.11 bits per heavy atom. The van der Waals surface area contributed by atoms with Crippen LogP contribution in [0.5, 0.6) is 5.75 Å². The Morgan fingerprint density at radius 3 is 2.74 bits per heavy atom. The number of benzene rings is 1. The van der Waals surface area contributed by atoms with E-state index in [0.29, 0.717) is 6.54 Å². The lowest BCUT2D eigenvalue weighted by Crippen LogP contribution is -2.55. The molecule has 1 aromatic carbocycles. The molecule has 0 aliphatic carbocycles. The van der Waals surface area contributed by atoms with Gasteiger partial charge in [0.15, 0.2) is 6.61 Å². The van der Waals surface area contributed by atoms with E-state index >= 15 is 0 Å². The van der Waals surface area contributed by atoms with Crippen molar-refractivity contribution < 1.29 is 9.53 Å². The molecule has 0 radical (unpaired) electrons. The molecule has 0 aromatic heterocycles. The number of ether oxygens (including phenoxy) is 1. The summed E-state index contributed by atoms with van der Waals surface area (Å²) in [6.07, 6.45) is 0.936. The van der Waals surface area contributed by atoms with Gasteiger partial charge in [0.25, 0.3) is 5.91 Å². The van der Waals surface area contributed by atoms with Gasteiger partial charge in [-0.2, -0.15) is 0 Å². The van der Waals surface area contributed by atoms with Gasteiger partial charge in [-0.15, -0.1) is 0 Å². The monoisotopic (exact) mass is 262 g/mol. The lowest BCUT2D eigenvalue weighted by Gasteiger charge is -2.42. The number of piperidine rings is 1. The Labute approximate surface area is 114 Å². The van der Waals surface area contributed by atoms with E-state index in [1.54, 1.807) is 4.90 Å². The van der Waals surface area contributed by atoms with Crippen LogP contribution in [0.2, 0.25) is 0 Å². The van der Waals surface area contributed by atoms with E-state index in [1.165, 1.54) is 0 Å². The SMILES string of the molecule is CC1(C)CCN(C(=O)COc2ccccc2)CC1N. The molecule has 1 aliphatic heterocycles. The molecule has 104 valence electrons. The first-order valence-electron chi connectivity index (χ1n) is 6.70. The number of likely N-dealkylation sites (tertiary alicyclic amines) is 1. The molecule has 1 aliphatic rings. The molecule has 0 spiro atoms. The largest absolute Gasteiger partial charge is 0.484 e. The van der Waals surface area contributed by atoms with Gasteiger partial charge in [-0.05, 0) is 24.0 Å². The molecule has 4 heteroatoms. The molecular formula is C15H22N2O2. The second-order valence-electron chi connectivity index (χ2n) is 5.79. The first-order chi connectivity index (χ1) is 8.99. The van der Waals surface area contributed by atoms with Crippen LogP contribution in [0.4, 0.5) is 0 Å². The van der Waals surface area contributed by atoms with Crippen LogP contribution in [-0.4, -0.2) is 36.5 Å². The summed E-state index contributed by atoms with van der Waals surface area (Å²) in [6.45, 7) is 5.76. The predicted molar refractivity (Wildman–Crippen MR) is 74.9 cm³/mol. The molecule has 2 rings (SSSR count). The zero-order valence-electron chi connectivity index (χ0n) is 11.6. The fourth-order valence-electron chi connectivity index (χ4n) is 2.16. The summed E-state index contributed by atoms with van der Waals surface area (Å²) < 4.78 is 5.48. The summed E-state index contributed by atoms with van der Waals surface area (Å²) in [4.78, 5) is 13.9. The van der Waals surface area contributed by atoms with E-state index in [-0.39, 0.29) is 24.0 Å². The molecule has 1 heterocycles. The van der Waals surface area contributed by atoms with Crippen LogP contribution >= 0.6 is 0 Å². The highest BCUT2D eigenvalue weighted by Gasteiger charge is 2.34. The van der Waals surface area contributed by atoms with E-state index in [9.17, 15) is 4.79 Å². The number of amides is 1. The van der Waals surface area contributed by atoms with Crippen molar-refractivity contribution in [2.75, 3.05) is 19.7 Å². The molecule has 1 fully saturated rings. The third-order valence-electron chi connectivity index (χ3n) is 3.91. The minimum absolute atomic E-state index is 0.00908. The topological polar surface area (TPSA) is 55.6 Å². The number of para-hydroxylation sites is 1. The highest BCUT2D eigenvalue weighted by molar-refractivity contribution is 5.78. The van der Waals surface area contributed by atoms with Gasteiger partial charge < -0.3 is 15.4 Å². The normalized spacial score (nSPS) is 22.1. The zero-order valence-corrected chi connectivity index (χ0v) is 11.6. The average Bonchev–Trinajstić information content (AvgIpc) is 2.40. The summed E-state index contributed by atoms with van der Waals surface area (Å²) in [5.74, 6) is 0.729. The van der Waals surface area contributed by atoms with Crippen molar-refractivity contribution >= 4 is 5.91 Å². The molecule has 1 amide bonds. The van der Waals surface area contributed by atoms with Crippen LogP contribution in [0, 0.1) is 5.41 Å². The number of nitrogens with zero attached hydrogens (tertiary/aromatic N) is 1. The van der Waals surface area contributed by atoms with Gasteiger partial charge in [-0.1, -0.05) is 32.0 Å². The Hall–Kier alpha value is -1.55. The van der Waals surface area contributed by atoms with E-state index in [0.717, 1.165) is 18.7 Å². The lowest BCUT2D eigenvalue weighted by atomic mass is 9.78. The van der Waals surface area contributed by atoms with Crippen molar-refractivity contribution in [1.82, 2.24) is 4.90 Å². The Balaban J connectivity index is 1.84. The van der Waals surface area contributed by atoms with Gasteiger partial charge in [0.2, 0.25) is 0 Å². The van der Waals surface area contributed by atoms with Gasteiger partial charge in [0.05, 0.1) is 0 Å². The predicted octanol–water partition coefficient (Wildman–Crippen LogP) is 1.65. The van der Waals surface area contributed by atoms with E-state index in [1.807, 2.05) is 30.3 Å². The van der Waals surface area contributed by atoms with Crippen LogP contribution in [0.25, 0.3) is 0 Å². The summed E-state index contributed by atoms with van der Waals surface area (Å²) in [6, 6.07) is 9.41. The minimum atomic E-state index is 0.00908. The maximum absolute atomic E-state index is 12.1. The quantitative estimate of drug-likeness (QED) is 0.901. The molecule has 1 unspecified atom stereocenters. The van der Waals surface area contributed by atoms with Crippen molar-refractivity contribution in [3.05, 3.63) is 30.3 Å². The Kier molecular flexibility index (Phi) is 4.10. The standard InChI is InChI=1S/C15H22N2O2/c1-15(2)8-9-17(10-13(15)16)14(18)11-19-12-6-4-3-5-7-12/h3-7,13H,8-11,16H2,1-2H3. The minimum Gasteiger partial charge on any atom is -0.484 e. The van der Waals surface area contributed by atoms with Gasteiger partial charge in [-0.25, -0.2) is 0 Å². The lowest BCUT2D eigenvalue weighted by molar-refractivity contribution is -0.135. The van der Waals surface area contributed by atoms with E-state index in [2.05, 4.69) is 13.8 Å². The molecule has 1 atom stereocenters. The van der Waals surface area contributed by atoms with Gasteiger partial charge >= 0.3 is 0 Å². The van der Waals surface area contributed by atoms with Gasteiger partial charge in [0, 0.05) is 19.1 Å². The first kappa shape index (κ1) is 13.9. The molecule has 4 nitrogen and oxygen atoms in total. The highest BCUT2D eigenvalue weighted by atomic mass is 16.5. The zero-order chi connectivity index (χ0) is 13.9. The van der Waals surface area contributed by atoms with Crippen molar-refractivity contribution in [2.24, 2.45) is 11.1 Å². The van der Waals surface area contributed by atoms with Gasteiger partial charge in [-0.3, -0.25) is 4.79 Å². The Bertz CT molecular complexity index is 431. The Morgan fingerprint density at radius 1 is 1.42 bits per heavy atom. The van der Waals surface area contributed by atoms with Crippen molar-refractivity contribution in [1.29, 1.82) is 0 Å². The summed E-state index contributed by atoms with van der Waals surface area (Å²) in [5.41, 5.74) is 6.22. The number of carbonyl (C=O) groups excluding carboxylic acids is 1. The number of hydrogen-bond donors (Lipinski definition) is 1. The molecule has 0 bridgehead atoms. The maximum atomic E-state index is 12.1. The smallest absolute Gasteiger partial charge is 0.260 e. The number of nitrogens with two attached hydrogens (primary N) is 1. The summed E-state index contributed by atoms with van der Waals surface area (Å²) >= 11 is 0. The van der Waals surface area contributed by atoms with Crippen LogP contribution in [0.15, 0.2) is 30.3 Å². The molecule has 1 saturated heterocycles. The second-order valence-corrected chi connectivity index (χ2v) is 5.79. The number of carbonyl (C=O) groups is 1. The van der Waals surface area contributed by atoms with Crippen LogP contribution in [0.3, 0.4) is 0 Å². The molecule has 1 aromatic rings. The molecule has 19 heavy (non-hydrogen) atoms. The van der Waals surface area contributed by atoms with Crippen LogP contribution < -0.4 is 10.5 Å². The van der Waals surface area contributed by atoms with Crippen molar-refractivity contribution in [3.63, 3.8) is 0 Å². The fraction of sp³-hybridized carbons (Fsp3) is 0.533. The molecular weight excluding hydrogens is 240 g/mol. The van der Waals surface area contributed by atoms with E-state index < -0.39 is 0 Å². The fourth-order valence-corrected chi connectivity index (χ4v) is 2.16. The third-order valence-corrected chi connectivity index (χ3v) is 3.91. The van der Waals surface area contributed by atoms with Crippen LogP contribution in [0.1, 0.15) is 20.3 Å². The first-order valence-corrected chi connectivity index (χ1v) is 6.70. The van der Waals surface area contributed by atoms with E-state index in [4.69, 9.17) is 10.5 Å². The molecule has 0 saturated carbocycles. The van der Waals surface area contributed by atoms with Crippen molar-refractivity contribution in [3.8, 4) is 5.75 Å². The third kappa shape index (κ3) is 3.47. The number of hydrogen-bond acceptors (Lipinski definition) is 3. The second kappa shape index (κ2) is 5.61. The molecule has 2 N–H and O–H groups in total. The summed E-state index contributed by atoms with van der Waals surface area (Å²) in [5, 5.41) is 0. The maximum Gasteiger partial charge on any atom is 0.260 e. The van der Waals surface area contributed by atoms with Gasteiger partial charge in [0.1, 0.15) is 5.75 Å². The highest BCUT2D eigenvalue weighted by Crippen LogP contribution is 2.29. The van der Waals surface area contributed by atoms with Crippen molar-refractivity contribution in [2.45, 2.75) is 26.3 Å². The number of rotatable bonds is 3. The average molecular weight is 262 g/mol. The summed E-state index contributed by atoms with van der Waals surface area (Å²) in [7, 11) is 0. The van der Waals surface area contributed by atoms with Crippen LogP contribution in [-0.2, 0) is 4.79 Å².